The van der Waals surface area contributed by atoms with Gasteiger partial charge >= 0.3 is 5.97 Å². The predicted octanol–water partition coefficient (Wildman–Crippen LogP) is 2.32. The molecule has 1 aromatic carbocycles. The minimum atomic E-state index is -3.92. The van der Waals surface area contributed by atoms with Crippen molar-refractivity contribution in [1.82, 2.24) is 4.31 Å². The van der Waals surface area contributed by atoms with E-state index in [-0.39, 0.29) is 36.5 Å². The van der Waals surface area contributed by atoms with Crippen LogP contribution in [0.3, 0.4) is 0 Å². The van der Waals surface area contributed by atoms with Crippen molar-refractivity contribution in [3.8, 4) is 12.3 Å². The molecule has 8 heteroatoms. The van der Waals surface area contributed by atoms with Gasteiger partial charge in [-0.15, -0.1) is 12.3 Å². The van der Waals surface area contributed by atoms with E-state index in [1.165, 1.54) is 4.31 Å². The van der Waals surface area contributed by atoms with Crippen molar-refractivity contribution >= 4 is 16.0 Å². The molecule has 1 aliphatic heterocycles. The summed E-state index contributed by atoms with van der Waals surface area (Å²) in [4.78, 5) is 11.6. The summed E-state index contributed by atoms with van der Waals surface area (Å²) >= 11 is 0. The molecule has 1 heterocycles. The molecule has 2 rings (SSSR count). The normalized spacial score (nSPS) is 16.4. The first-order valence-electron chi connectivity index (χ1n) is 7.91. The van der Waals surface area contributed by atoms with Crippen molar-refractivity contribution in [2.45, 2.75) is 30.6 Å². The van der Waals surface area contributed by atoms with Crippen LogP contribution in [0.5, 0.6) is 0 Å². The van der Waals surface area contributed by atoms with E-state index in [0.717, 1.165) is 12.1 Å². The Balaban J connectivity index is 1.93. The number of unbranched alkanes of at least 4 members (excludes halogenated alkanes) is 1. The molecule has 1 aromatic rings. The number of hydrogen-bond donors (Lipinski definition) is 0. The van der Waals surface area contributed by atoms with E-state index in [4.69, 9.17) is 11.2 Å². The second kappa shape index (κ2) is 8.41. The Kier molecular flexibility index (Phi) is 6.51. The molecule has 0 N–H and O–H groups in total. The number of ether oxygens (including phenoxy) is 1. The van der Waals surface area contributed by atoms with Gasteiger partial charge in [-0.25, -0.2) is 17.2 Å². The van der Waals surface area contributed by atoms with Crippen molar-refractivity contribution < 1.29 is 26.7 Å². The number of hydrogen-bond acceptors (Lipinski definition) is 4. The molecule has 0 amide bonds. The highest BCUT2D eigenvalue weighted by molar-refractivity contribution is 7.89. The summed E-state index contributed by atoms with van der Waals surface area (Å²) in [5.74, 6) is -0.603. The molecule has 1 aliphatic rings. The quantitative estimate of drug-likeness (QED) is 0.437. The van der Waals surface area contributed by atoms with Crippen molar-refractivity contribution in [1.29, 1.82) is 0 Å². The molecule has 0 saturated carbocycles. The van der Waals surface area contributed by atoms with Crippen molar-refractivity contribution in [3.63, 3.8) is 0 Å². The van der Waals surface area contributed by atoms with E-state index in [2.05, 4.69) is 5.92 Å². The third kappa shape index (κ3) is 4.77. The highest BCUT2D eigenvalue weighted by atomic mass is 32.2. The van der Waals surface area contributed by atoms with Crippen LogP contribution in [0.25, 0.3) is 0 Å². The molecule has 136 valence electrons. The van der Waals surface area contributed by atoms with Crippen LogP contribution in [0.1, 0.15) is 25.7 Å². The molecule has 0 aromatic heterocycles. The van der Waals surface area contributed by atoms with Crippen molar-refractivity contribution in [2.24, 2.45) is 5.92 Å². The SMILES string of the molecule is C#CCCCOC(=O)C1CCN(S(=O)(=O)c2ccc(F)c(F)c2)CC1. The number of esters is 1. The molecule has 0 unspecified atom stereocenters. The van der Waals surface area contributed by atoms with Gasteiger partial charge in [0.25, 0.3) is 0 Å². The standard InChI is InChI=1S/C17H19F2NO4S/c1-2-3-4-11-24-17(21)13-7-9-20(10-8-13)25(22,23)14-5-6-15(18)16(19)12-14/h1,5-6,12-13H,3-4,7-11H2. The topological polar surface area (TPSA) is 63.7 Å². The number of terminal acetylenes is 1. The summed E-state index contributed by atoms with van der Waals surface area (Å²) < 4.78 is 57.5. The number of benzene rings is 1. The number of rotatable bonds is 6. The van der Waals surface area contributed by atoms with Gasteiger partial charge in [0, 0.05) is 19.5 Å². The van der Waals surface area contributed by atoms with Gasteiger partial charge in [-0.3, -0.25) is 4.79 Å². The van der Waals surface area contributed by atoms with Gasteiger partial charge in [-0.05, 0) is 37.5 Å². The van der Waals surface area contributed by atoms with E-state index in [1.54, 1.807) is 0 Å². The largest absolute Gasteiger partial charge is 0.465 e. The summed E-state index contributed by atoms with van der Waals surface area (Å²) in [5, 5.41) is 0. The van der Waals surface area contributed by atoms with Gasteiger partial charge < -0.3 is 4.74 Å². The second-order valence-corrected chi connectivity index (χ2v) is 7.67. The molecular formula is C17H19F2NO4S. The fourth-order valence-corrected chi connectivity index (χ4v) is 4.07. The zero-order valence-electron chi connectivity index (χ0n) is 13.6. The summed E-state index contributed by atoms with van der Waals surface area (Å²) in [6.07, 6.45) is 6.86. The highest BCUT2D eigenvalue weighted by Gasteiger charge is 2.33. The van der Waals surface area contributed by atoms with Gasteiger partial charge in [0.1, 0.15) is 0 Å². The minimum absolute atomic E-state index is 0.117. The Labute approximate surface area is 146 Å². The molecular weight excluding hydrogens is 352 g/mol. The van der Waals surface area contributed by atoms with Crippen LogP contribution >= 0.6 is 0 Å². The number of halogens is 2. The smallest absolute Gasteiger partial charge is 0.309 e. The minimum Gasteiger partial charge on any atom is -0.465 e. The van der Waals surface area contributed by atoms with Crippen molar-refractivity contribution in [3.05, 3.63) is 29.8 Å². The molecule has 5 nitrogen and oxygen atoms in total. The third-order valence-electron chi connectivity index (χ3n) is 4.03. The fraction of sp³-hybridized carbons (Fsp3) is 0.471. The van der Waals surface area contributed by atoms with Gasteiger partial charge in [0.15, 0.2) is 11.6 Å². The van der Waals surface area contributed by atoms with E-state index < -0.39 is 21.7 Å². The van der Waals surface area contributed by atoms with Crippen LogP contribution in [0.4, 0.5) is 8.78 Å². The maximum Gasteiger partial charge on any atom is 0.309 e. The van der Waals surface area contributed by atoms with Gasteiger partial charge in [0.2, 0.25) is 10.0 Å². The Hall–Kier alpha value is -1.98. The molecule has 25 heavy (non-hydrogen) atoms. The maximum absolute atomic E-state index is 13.3. The highest BCUT2D eigenvalue weighted by Crippen LogP contribution is 2.25. The molecule has 1 saturated heterocycles. The zero-order valence-corrected chi connectivity index (χ0v) is 14.4. The lowest BCUT2D eigenvalue weighted by Gasteiger charge is -2.30. The molecule has 0 aliphatic carbocycles. The van der Waals surface area contributed by atoms with Crippen LogP contribution in [0, 0.1) is 29.9 Å². The summed E-state index contributed by atoms with van der Waals surface area (Å²) in [5.41, 5.74) is 0. The summed E-state index contributed by atoms with van der Waals surface area (Å²) in [7, 11) is -3.92. The molecule has 1 fully saturated rings. The molecule has 0 atom stereocenters. The Bertz CT molecular complexity index is 765. The van der Waals surface area contributed by atoms with Gasteiger partial charge in [-0.2, -0.15) is 4.31 Å². The second-order valence-electron chi connectivity index (χ2n) is 5.73. The fourth-order valence-electron chi connectivity index (χ4n) is 2.58. The van der Waals surface area contributed by atoms with Gasteiger partial charge in [-0.1, -0.05) is 0 Å². The molecule has 0 radical (unpaired) electrons. The van der Waals surface area contributed by atoms with E-state index in [0.29, 0.717) is 31.7 Å². The van der Waals surface area contributed by atoms with Crippen LogP contribution in [0.2, 0.25) is 0 Å². The zero-order chi connectivity index (χ0) is 18.4. The Morgan fingerprint density at radius 2 is 1.96 bits per heavy atom. The summed E-state index contributed by atoms with van der Waals surface area (Å²) in [6.45, 7) is 0.479. The lowest BCUT2D eigenvalue weighted by Crippen LogP contribution is -2.40. The summed E-state index contributed by atoms with van der Waals surface area (Å²) in [6, 6.07) is 2.47. The lowest BCUT2D eigenvalue weighted by atomic mass is 9.98. The first-order valence-corrected chi connectivity index (χ1v) is 9.35. The number of sulfonamides is 1. The maximum atomic E-state index is 13.3. The van der Waals surface area contributed by atoms with Crippen LogP contribution in [0.15, 0.2) is 23.1 Å². The first-order chi connectivity index (χ1) is 11.9. The number of carbonyl (C=O) groups excluding carboxylic acids is 1. The van der Waals surface area contributed by atoms with Gasteiger partial charge in [0.05, 0.1) is 17.4 Å². The number of carbonyl (C=O) groups is 1. The Morgan fingerprint density at radius 3 is 2.56 bits per heavy atom. The van der Waals surface area contributed by atoms with Crippen molar-refractivity contribution in [2.75, 3.05) is 19.7 Å². The van der Waals surface area contributed by atoms with E-state index >= 15 is 0 Å². The van der Waals surface area contributed by atoms with E-state index in [1.807, 2.05) is 0 Å². The average molecular weight is 371 g/mol. The lowest BCUT2D eigenvalue weighted by molar-refractivity contribution is -0.149. The molecule has 0 bridgehead atoms. The predicted molar refractivity (Wildman–Crippen MR) is 86.9 cm³/mol. The molecule has 0 spiro atoms. The van der Waals surface area contributed by atoms with Crippen LogP contribution in [-0.4, -0.2) is 38.4 Å². The van der Waals surface area contributed by atoms with E-state index in [9.17, 15) is 22.0 Å². The number of piperidine rings is 1. The first kappa shape index (κ1) is 19.3. The third-order valence-corrected chi connectivity index (χ3v) is 5.92. The van der Waals surface area contributed by atoms with Crippen LogP contribution < -0.4 is 0 Å². The average Bonchev–Trinajstić information content (AvgIpc) is 2.61. The Morgan fingerprint density at radius 1 is 1.28 bits per heavy atom. The number of nitrogens with zero attached hydrogens (tertiary/aromatic N) is 1. The van der Waals surface area contributed by atoms with Crippen LogP contribution in [-0.2, 0) is 19.6 Å². The monoisotopic (exact) mass is 371 g/mol.